The van der Waals surface area contributed by atoms with Gasteiger partial charge in [0.15, 0.2) is 0 Å². The third kappa shape index (κ3) is 3.69. The molecule has 0 radical (unpaired) electrons. The summed E-state index contributed by atoms with van der Waals surface area (Å²) in [6.07, 6.45) is 3.52. The molecule has 2 aromatic rings. The van der Waals surface area contributed by atoms with Gasteiger partial charge in [-0.25, -0.2) is 9.37 Å². The van der Waals surface area contributed by atoms with Gasteiger partial charge in [0.05, 0.1) is 12.0 Å². The van der Waals surface area contributed by atoms with E-state index in [-0.39, 0.29) is 23.8 Å². The summed E-state index contributed by atoms with van der Waals surface area (Å²) >= 11 is 0. The number of piperidine rings is 1. The Morgan fingerprint density at radius 3 is 2.75 bits per heavy atom. The van der Waals surface area contributed by atoms with Gasteiger partial charge in [0, 0.05) is 24.7 Å². The molecular formula is C18H20FN3O2. The fourth-order valence-electron chi connectivity index (χ4n) is 2.98. The first-order valence-electron chi connectivity index (χ1n) is 8.13. The fourth-order valence-corrected chi connectivity index (χ4v) is 2.98. The van der Waals surface area contributed by atoms with Crippen LogP contribution in [0.2, 0.25) is 0 Å². The molecule has 0 bridgehead atoms. The quantitative estimate of drug-likeness (QED) is 0.868. The highest BCUT2D eigenvalue weighted by Gasteiger charge is 2.21. The predicted molar refractivity (Wildman–Crippen MR) is 88.9 cm³/mol. The van der Waals surface area contributed by atoms with Gasteiger partial charge in [0.25, 0.3) is 5.56 Å². The minimum absolute atomic E-state index is 0.00223. The average molecular weight is 329 g/mol. The highest BCUT2D eigenvalue weighted by Crippen LogP contribution is 2.16. The largest absolute Gasteiger partial charge is 0.341 e. The van der Waals surface area contributed by atoms with Crippen LogP contribution < -0.4 is 5.56 Å². The van der Waals surface area contributed by atoms with Crippen molar-refractivity contribution in [1.29, 1.82) is 0 Å². The average Bonchev–Trinajstić information content (AvgIpc) is 2.57. The number of hydrogen-bond acceptors (Lipinski definition) is 3. The molecule has 2 heterocycles. The number of rotatable bonds is 3. The van der Waals surface area contributed by atoms with Gasteiger partial charge in [-0.2, -0.15) is 0 Å². The number of hydrogen-bond donors (Lipinski definition) is 0. The molecule has 0 spiro atoms. The van der Waals surface area contributed by atoms with E-state index in [1.807, 2.05) is 4.90 Å². The zero-order valence-electron chi connectivity index (χ0n) is 13.6. The van der Waals surface area contributed by atoms with E-state index in [1.54, 1.807) is 12.1 Å². The zero-order valence-corrected chi connectivity index (χ0v) is 13.6. The first kappa shape index (κ1) is 16.4. The minimum Gasteiger partial charge on any atom is -0.341 e. The zero-order chi connectivity index (χ0) is 17.1. The summed E-state index contributed by atoms with van der Waals surface area (Å²) in [5.74, 6) is 0.104. The number of benzene rings is 1. The molecule has 126 valence electrons. The van der Waals surface area contributed by atoms with Crippen LogP contribution in [0.5, 0.6) is 0 Å². The Labute approximate surface area is 139 Å². The van der Waals surface area contributed by atoms with Gasteiger partial charge in [-0.05, 0) is 43.0 Å². The maximum absolute atomic E-state index is 13.0. The molecule has 0 aliphatic carbocycles. The second-order valence-corrected chi connectivity index (χ2v) is 6.33. The van der Waals surface area contributed by atoms with Crippen LogP contribution in [0.25, 0.3) is 11.3 Å². The SMILES string of the molecule is CC1CCCN(C(=O)Cn2cnc(-c3ccc(F)cc3)cc2=O)C1. The van der Waals surface area contributed by atoms with E-state index in [4.69, 9.17) is 0 Å². The van der Waals surface area contributed by atoms with Crippen LogP contribution in [0.3, 0.4) is 0 Å². The fraction of sp³-hybridized carbons (Fsp3) is 0.389. The van der Waals surface area contributed by atoms with E-state index in [9.17, 15) is 14.0 Å². The minimum atomic E-state index is -0.339. The van der Waals surface area contributed by atoms with Crippen molar-refractivity contribution in [3.05, 3.63) is 52.8 Å². The number of aromatic nitrogens is 2. The molecular weight excluding hydrogens is 309 g/mol. The molecule has 0 saturated carbocycles. The molecule has 1 fully saturated rings. The summed E-state index contributed by atoms with van der Waals surface area (Å²) in [6.45, 7) is 3.63. The second-order valence-electron chi connectivity index (χ2n) is 6.33. The van der Waals surface area contributed by atoms with E-state index in [1.165, 1.54) is 29.1 Å². The molecule has 1 aromatic heterocycles. The molecule has 1 saturated heterocycles. The van der Waals surface area contributed by atoms with Crippen molar-refractivity contribution < 1.29 is 9.18 Å². The van der Waals surface area contributed by atoms with Gasteiger partial charge in [0.1, 0.15) is 12.4 Å². The third-order valence-electron chi connectivity index (χ3n) is 4.33. The summed E-state index contributed by atoms with van der Waals surface area (Å²) in [5, 5.41) is 0. The Bertz CT molecular complexity index is 786. The Morgan fingerprint density at radius 2 is 2.08 bits per heavy atom. The highest BCUT2D eigenvalue weighted by molar-refractivity contribution is 5.76. The summed E-state index contributed by atoms with van der Waals surface area (Å²) in [4.78, 5) is 30.6. The van der Waals surface area contributed by atoms with Crippen LogP contribution in [-0.4, -0.2) is 33.4 Å². The molecule has 1 unspecified atom stereocenters. The monoisotopic (exact) mass is 329 g/mol. The Morgan fingerprint density at radius 1 is 1.33 bits per heavy atom. The van der Waals surface area contributed by atoms with Crippen LogP contribution in [-0.2, 0) is 11.3 Å². The van der Waals surface area contributed by atoms with Gasteiger partial charge in [-0.3, -0.25) is 14.2 Å². The summed E-state index contributed by atoms with van der Waals surface area (Å²) < 4.78 is 14.3. The van der Waals surface area contributed by atoms with Crippen molar-refractivity contribution in [1.82, 2.24) is 14.5 Å². The second kappa shape index (κ2) is 6.95. The number of likely N-dealkylation sites (tertiary alicyclic amines) is 1. The highest BCUT2D eigenvalue weighted by atomic mass is 19.1. The van der Waals surface area contributed by atoms with Crippen molar-refractivity contribution >= 4 is 5.91 Å². The molecule has 0 N–H and O–H groups in total. The number of carbonyl (C=O) groups is 1. The van der Waals surface area contributed by atoms with Crippen molar-refractivity contribution in [2.75, 3.05) is 13.1 Å². The standard InChI is InChI=1S/C18H20FN3O2/c1-13-3-2-8-21(10-13)18(24)11-22-12-20-16(9-17(22)23)14-4-6-15(19)7-5-14/h4-7,9,12-13H,2-3,8,10-11H2,1H3. The van der Waals surface area contributed by atoms with Crippen LogP contribution in [0.1, 0.15) is 19.8 Å². The van der Waals surface area contributed by atoms with Crippen LogP contribution in [0.4, 0.5) is 4.39 Å². The molecule has 24 heavy (non-hydrogen) atoms. The number of carbonyl (C=O) groups excluding carboxylic acids is 1. The number of amides is 1. The predicted octanol–water partition coefficient (Wildman–Crippen LogP) is 2.31. The lowest BCUT2D eigenvalue weighted by molar-refractivity contribution is -0.133. The molecule has 6 heteroatoms. The summed E-state index contributed by atoms with van der Waals surface area (Å²) in [7, 11) is 0. The first-order valence-corrected chi connectivity index (χ1v) is 8.13. The van der Waals surface area contributed by atoms with Crippen LogP contribution in [0.15, 0.2) is 41.5 Å². The Hall–Kier alpha value is -2.50. The van der Waals surface area contributed by atoms with Gasteiger partial charge in [-0.1, -0.05) is 6.92 Å². The smallest absolute Gasteiger partial charge is 0.254 e. The number of halogens is 1. The lowest BCUT2D eigenvalue weighted by atomic mass is 10.0. The molecule has 1 aromatic carbocycles. The lowest BCUT2D eigenvalue weighted by Gasteiger charge is -2.31. The van der Waals surface area contributed by atoms with Gasteiger partial charge in [-0.15, -0.1) is 0 Å². The van der Waals surface area contributed by atoms with E-state index in [2.05, 4.69) is 11.9 Å². The third-order valence-corrected chi connectivity index (χ3v) is 4.33. The maximum atomic E-state index is 13.0. The van der Waals surface area contributed by atoms with Crippen molar-refractivity contribution in [3.8, 4) is 11.3 Å². The molecule has 1 aliphatic heterocycles. The van der Waals surface area contributed by atoms with Gasteiger partial charge in [0.2, 0.25) is 5.91 Å². The molecule has 1 aliphatic rings. The topological polar surface area (TPSA) is 55.2 Å². The van der Waals surface area contributed by atoms with E-state index < -0.39 is 0 Å². The number of nitrogens with zero attached hydrogens (tertiary/aromatic N) is 3. The molecule has 1 atom stereocenters. The Kier molecular flexibility index (Phi) is 4.74. The summed E-state index contributed by atoms with van der Waals surface area (Å²) in [6, 6.07) is 7.16. The van der Waals surface area contributed by atoms with Gasteiger partial charge < -0.3 is 4.90 Å². The normalized spacial score (nSPS) is 17.8. The van der Waals surface area contributed by atoms with E-state index >= 15 is 0 Å². The van der Waals surface area contributed by atoms with E-state index in [0.717, 1.165) is 25.9 Å². The molecule has 1 amide bonds. The van der Waals surface area contributed by atoms with Crippen molar-refractivity contribution in [3.63, 3.8) is 0 Å². The van der Waals surface area contributed by atoms with Crippen molar-refractivity contribution in [2.24, 2.45) is 5.92 Å². The van der Waals surface area contributed by atoms with Crippen LogP contribution in [0, 0.1) is 11.7 Å². The Balaban J connectivity index is 1.74. The lowest BCUT2D eigenvalue weighted by Crippen LogP contribution is -2.42. The van der Waals surface area contributed by atoms with Crippen molar-refractivity contribution in [2.45, 2.75) is 26.3 Å². The van der Waals surface area contributed by atoms with Crippen LogP contribution >= 0.6 is 0 Å². The maximum Gasteiger partial charge on any atom is 0.254 e. The molecule has 3 rings (SSSR count). The first-order chi connectivity index (χ1) is 11.5. The van der Waals surface area contributed by atoms with Gasteiger partial charge >= 0.3 is 0 Å². The summed E-state index contributed by atoms with van der Waals surface area (Å²) in [5.41, 5.74) is 0.842. The molecule has 5 nitrogen and oxygen atoms in total. The van der Waals surface area contributed by atoms with E-state index in [0.29, 0.717) is 17.2 Å².